The van der Waals surface area contributed by atoms with Gasteiger partial charge in [0.2, 0.25) is 0 Å². The second kappa shape index (κ2) is 10.6. The maximum Gasteiger partial charge on any atom is 0.257 e. The number of hydrogen-bond donors (Lipinski definition) is 1. The molecule has 0 aromatic heterocycles. The number of thioether (sulfide) groups is 1. The smallest absolute Gasteiger partial charge is 0.257 e. The number of nitrogens with zero attached hydrogens (tertiary/aromatic N) is 2. The minimum absolute atomic E-state index is 0.0798. The van der Waals surface area contributed by atoms with E-state index in [0.717, 1.165) is 0 Å². The van der Waals surface area contributed by atoms with E-state index < -0.39 is 23.1 Å². The van der Waals surface area contributed by atoms with Crippen molar-refractivity contribution in [2.45, 2.75) is 16.2 Å². The number of anilines is 1. The van der Waals surface area contributed by atoms with E-state index >= 15 is 0 Å². The summed E-state index contributed by atoms with van der Waals surface area (Å²) in [5, 5.41) is 10.3. The quantitative estimate of drug-likeness (QED) is 0.500. The van der Waals surface area contributed by atoms with Crippen molar-refractivity contribution in [1.29, 1.82) is 0 Å². The molecule has 3 aromatic rings. The van der Waals surface area contributed by atoms with Crippen LogP contribution in [0.15, 0.2) is 65.6 Å². The number of methoxy groups -OCH3 is 1. The number of aliphatic hydroxyl groups excluding tert-OH is 1. The summed E-state index contributed by atoms with van der Waals surface area (Å²) < 4.78 is 38.6. The number of benzene rings is 3. The number of carbonyl (C=O) groups excluding carboxylic acids is 1. The molecule has 2 atom stereocenters. The highest BCUT2D eigenvalue weighted by atomic mass is 32.2. The average molecular weight is 501 g/mol. The topological polar surface area (TPSA) is 62.2 Å². The molecule has 0 radical (unpaired) electrons. The molecule has 4 rings (SSSR count). The van der Waals surface area contributed by atoms with Crippen LogP contribution in [0.4, 0.5) is 14.5 Å². The minimum atomic E-state index is -1.40. The highest BCUT2D eigenvalue weighted by Gasteiger charge is 2.37. The number of hydrogen-bond acceptors (Lipinski definition) is 6. The van der Waals surface area contributed by atoms with Gasteiger partial charge >= 0.3 is 0 Å². The number of likely N-dealkylation sites (N-methyl/N-ethyl adjacent to an activating group) is 1. The van der Waals surface area contributed by atoms with Crippen LogP contribution in [0.2, 0.25) is 0 Å². The molecule has 0 saturated carbocycles. The summed E-state index contributed by atoms with van der Waals surface area (Å²) in [4.78, 5) is 17.6. The lowest BCUT2D eigenvalue weighted by atomic mass is 10.1. The third-order valence-corrected chi connectivity index (χ3v) is 6.97. The van der Waals surface area contributed by atoms with Gasteiger partial charge in [0.15, 0.2) is 11.6 Å². The van der Waals surface area contributed by atoms with E-state index in [9.17, 15) is 18.7 Å². The number of carbonyl (C=O) groups is 1. The van der Waals surface area contributed by atoms with Gasteiger partial charge in [-0.2, -0.15) is 0 Å². The van der Waals surface area contributed by atoms with Gasteiger partial charge in [0, 0.05) is 18.0 Å². The van der Waals surface area contributed by atoms with Crippen molar-refractivity contribution in [2.24, 2.45) is 0 Å². The summed E-state index contributed by atoms with van der Waals surface area (Å²) in [5.74, 6) is -0.387. The second-order valence-electron chi connectivity index (χ2n) is 8.36. The van der Waals surface area contributed by atoms with Crippen molar-refractivity contribution >= 4 is 23.4 Å². The zero-order valence-electron chi connectivity index (χ0n) is 19.6. The molecule has 0 saturated heterocycles. The molecule has 35 heavy (non-hydrogen) atoms. The zero-order valence-corrected chi connectivity index (χ0v) is 20.4. The number of amides is 1. The molecule has 9 heteroatoms. The summed E-state index contributed by atoms with van der Waals surface area (Å²) in [6.45, 7) is 0.941. The highest BCUT2D eigenvalue weighted by molar-refractivity contribution is 7.99. The van der Waals surface area contributed by atoms with Crippen LogP contribution in [0.1, 0.15) is 10.8 Å². The van der Waals surface area contributed by atoms with Crippen molar-refractivity contribution in [3.8, 4) is 17.2 Å². The van der Waals surface area contributed by atoms with E-state index in [-0.39, 0.29) is 11.6 Å². The Balaban J connectivity index is 1.73. The first-order chi connectivity index (χ1) is 16.8. The van der Waals surface area contributed by atoms with Crippen molar-refractivity contribution in [1.82, 2.24) is 4.90 Å². The third-order valence-electron chi connectivity index (χ3n) is 5.61. The lowest BCUT2D eigenvalue weighted by molar-refractivity contribution is -0.126. The molecular formula is C26H26F2N2O4S. The lowest BCUT2D eigenvalue weighted by Gasteiger charge is -2.26. The molecule has 184 valence electrons. The van der Waals surface area contributed by atoms with Gasteiger partial charge < -0.3 is 24.4 Å². The summed E-state index contributed by atoms with van der Waals surface area (Å²) in [7, 11) is 5.17. The predicted octanol–water partition coefficient (Wildman–Crippen LogP) is 4.87. The van der Waals surface area contributed by atoms with E-state index in [0.29, 0.717) is 40.7 Å². The Morgan fingerprint density at radius 1 is 1.03 bits per heavy atom. The van der Waals surface area contributed by atoms with Gasteiger partial charge in [-0.3, -0.25) is 4.79 Å². The van der Waals surface area contributed by atoms with Gasteiger partial charge in [-0.05, 0) is 74.3 Å². The summed E-state index contributed by atoms with van der Waals surface area (Å²) >= 11 is 1.26. The molecule has 1 N–H and O–H groups in total. The maximum absolute atomic E-state index is 14.5. The molecule has 1 heterocycles. The first kappa shape index (κ1) is 25.0. The van der Waals surface area contributed by atoms with Crippen LogP contribution in [0, 0.1) is 11.6 Å². The fourth-order valence-electron chi connectivity index (χ4n) is 3.76. The van der Waals surface area contributed by atoms with Gasteiger partial charge in [0.1, 0.15) is 23.4 Å². The number of fused-ring (bicyclic) bond motifs is 1. The SMILES string of the molecule is COc1ccc(C2Sc3cc(Oc4ccc(F)cc4)ccc3N(CCN(C)C)C(=O)C2O)cc1F. The van der Waals surface area contributed by atoms with Crippen LogP contribution in [0.25, 0.3) is 0 Å². The van der Waals surface area contributed by atoms with Crippen molar-refractivity contribution in [3.63, 3.8) is 0 Å². The van der Waals surface area contributed by atoms with Gasteiger partial charge in [0.25, 0.3) is 5.91 Å². The Morgan fingerprint density at radius 3 is 2.40 bits per heavy atom. The molecule has 3 aromatic carbocycles. The molecule has 0 spiro atoms. The van der Waals surface area contributed by atoms with Crippen LogP contribution in [0.3, 0.4) is 0 Å². The monoisotopic (exact) mass is 500 g/mol. The van der Waals surface area contributed by atoms with E-state index in [1.165, 1.54) is 55.3 Å². The molecule has 1 aliphatic heterocycles. The summed E-state index contributed by atoms with van der Waals surface area (Å²) in [5.41, 5.74) is 1.09. The molecule has 0 aliphatic carbocycles. The van der Waals surface area contributed by atoms with Crippen LogP contribution in [-0.4, -0.2) is 56.3 Å². The maximum atomic E-state index is 14.5. The van der Waals surface area contributed by atoms with Crippen LogP contribution in [-0.2, 0) is 4.79 Å². The number of rotatable bonds is 7. The Morgan fingerprint density at radius 2 is 1.74 bits per heavy atom. The number of halogens is 2. The average Bonchev–Trinajstić information content (AvgIpc) is 2.93. The van der Waals surface area contributed by atoms with Crippen LogP contribution in [0.5, 0.6) is 17.2 Å². The van der Waals surface area contributed by atoms with Crippen molar-refractivity contribution in [2.75, 3.05) is 39.2 Å². The van der Waals surface area contributed by atoms with E-state index in [4.69, 9.17) is 9.47 Å². The Kier molecular flexibility index (Phi) is 7.59. The van der Waals surface area contributed by atoms with E-state index in [2.05, 4.69) is 0 Å². The predicted molar refractivity (Wildman–Crippen MR) is 131 cm³/mol. The third kappa shape index (κ3) is 5.58. The van der Waals surface area contributed by atoms with Crippen molar-refractivity contribution < 1.29 is 28.2 Å². The largest absolute Gasteiger partial charge is 0.494 e. The lowest BCUT2D eigenvalue weighted by Crippen LogP contribution is -2.43. The molecule has 0 fully saturated rings. The first-order valence-electron chi connectivity index (χ1n) is 11.0. The second-order valence-corrected chi connectivity index (χ2v) is 9.54. The highest BCUT2D eigenvalue weighted by Crippen LogP contribution is 2.47. The van der Waals surface area contributed by atoms with Crippen LogP contribution < -0.4 is 14.4 Å². The molecule has 2 unspecified atom stereocenters. The van der Waals surface area contributed by atoms with Gasteiger partial charge in [-0.1, -0.05) is 6.07 Å². The zero-order chi connectivity index (χ0) is 25.1. The van der Waals surface area contributed by atoms with E-state index in [1.807, 2.05) is 19.0 Å². The normalized spacial score (nSPS) is 17.8. The fraction of sp³-hybridized carbons (Fsp3) is 0.269. The Hall–Kier alpha value is -3.14. The fourth-order valence-corrected chi connectivity index (χ4v) is 5.05. The molecule has 0 bridgehead atoms. The van der Waals surface area contributed by atoms with Crippen LogP contribution >= 0.6 is 11.8 Å². The Labute approximate surface area is 207 Å². The van der Waals surface area contributed by atoms with Gasteiger partial charge in [-0.15, -0.1) is 11.8 Å². The summed E-state index contributed by atoms with van der Waals surface area (Å²) in [6.07, 6.45) is -1.40. The number of ether oxygens (including phenoxy) is 2. The summed E-state index contributed by atoms with van der Waals surface area (Å²) in [6, 6.07) is 15.3. The molecule has 1 aliphatic rings. The van der Waals surface area contributed by atoms with Gasteiger partial charge in [-0.25, -0.2) is 8.78 Å². The molecule has 6 nitrogen and oxygen atoms in total. The Bertz CT molecular complexity index is 1210. The number of aliphatic hydroxyl groups is 1. The minimum Gasteiger partial charge on any atom is -0.494 e. The molecule has 1 amide bonds. The van der Waals surface area contributed by atoms with Gasteiger partial charge in [0.05, 0.1) is 18.0 Å². The first-order valence-corrected chi connectivity index (χ1v) is 11.9. The van der Waals surface area contributed by atoms with Crippen molar-refractivity contribution in [3.05, 3.63) is 77.9 Å². The molecular weight excluding hydrogens is 474 g/mol. The van der Waals surface area contributed by atoms with E-state index in [1.54, 1.807) is 29.2 Å². The standard InChI is InChI=1S/C26H26F2N2O4S/c1-29(2)12-13-30-21-10-9-19(34-18-7-5-17(27)6-8-18)15-23(21)35-25(24(31)26(30)32)16-4-11-22(33-3)20(28)14-16/h4-11,14-15,24-25,31H,12-13H2,1-3H3.